The third kappa shape index (κ3) is 1.70. The highest BCUT2D eigenvalue weighted by atomic mass is 15.3. The smallest absolute Gasteiger partial charge is 0.0280 e. The maximum atomic E-state index is 2.72. The zero-order chi connectivity index (χ0) is 10.3. The van der Waals surface area contributed by atoms with Gasteiger partial charge in [-0.15, -0.1) is 0 Å². The Kier molecular flexibility index (Phi) is 2.61. The molecule has 3 heterocycles. The summed E-state index contributed by atoms with van der Waals surface area (Å²) >= 11 is 0. The maximum Gasteiger partial charge on any atom is 0.0280 e. The third-order valence-electron chi connectivity index (χ3n) is 4.02. The van der Waals surface area contributed by atoms with Crippen molar-refractivity contribution in [1.82, 2.24) is 9.80 Å². The molecule has 0 atom stereocenters. The normalized spacial score (nSPS) is 37.5. The Morgan fingerprint density at radius 1 is 1.14 bits per heavy atom. The van der Waals surface area contributed by atoms with Crippen LogP contribution < -0.4 is 0 Å². The Labute approximate surface area is 88.3 Å². The Morgan fingerprint density at radius 2 is 1.71 bits per heavy atom. The molecule has 0 saturated carbocycles. The van der Waals surface area contributed by atoms with Crippen LogP contribution in [0.5, 0.6) is 0 Å². The van der Waals surface area contributed by atoms with Crippen molar-refractivity contribution in [1.29, 1.82) is 0 Å². The summed E-state index contributed by atoms with van der Waals surface area (Å²) in [6, 6.07) is 1.56. The Balaban J connectivity index is 2.21. The molecule has 3 saturated heterocycles. The lowest BCUT2D eigenvalue weighted by Gasteiger charge is -2.37. The molecule has 0 spiro atoms. The van der Waals surface area contributed by atoms with Gasteiger partial charge in [-0.2, -0.15) is 0 Å². The summed E-state index contributed by atoms with van der Waals surface area (Å²) < 4.78 is 0. The van der Waals surface area contributed by atoms with Gasteiger partial charge in [-0.25, -0.2) is 0 Å². The fraction of sp³-hybridized carbons (Fsp3) is 1.00. The van der Waals surface area contributed by atoms with Crippen LogP contribution in [0.15, 0.2) is 0 Å². The van der Waals surface area contributed by atoms with E-state index in [4.69, 9.17) is 0 Å². The molecule has 3 fully saturated rings. The van der Waals surface area contributed by atoms with Crippen molar-refractivity contribution >= 4 is 0 Å². The molecule has 0 N–H and O–H groups in total. The van der Waals surface area contributed by atoms with Crippen LogP contribution in [0.25, 0.3) is 0 Å². The van der Waals surface area contributed by atoms with Crippen LogP contribution in [0.3, 0.4) is 0 Å². The number of hydrogen-bond acceptors (Lipinski definition) is 2. The lowest BCUT2D eigenvalue weighted by molar-refractivity contribution is 0.115. The summed E-state index contributed by atoms with van der Waals surface area (Å²) in [5.74, 6) is 0. The fourth-order valence-electron chi connectivity index (χ4n) is 3.08. The standard InChI is InChI=1S/C12H24N2/c1-10(2)14-9-12(3,4)13-7-5-11(14)6-8-13/h10-11H,5-9H2,1-4H3. The molecular formula is C12H24N2. The first-order valence-electron chi connectivity index (χ1n) is 6.01. The summed E-state index contributed by atoms with van der Waals surface area (Å²) in [5, 5.41) is 0. The fourth-order valence-corrected chi connectivity index (χ4v) is 3.08. The zero-order valence-electron chi connectivity index (χ0n) is 10.1. The largest absolute Gasteiger partial charge is 0.297 e. The summed E-state index contributed by atoms with van der Waals surface area (Å²) in [7, 11) is 0. The predicted molar refractivity (Wildman–Crippen MR) is 60.5 cm³/mol. The van der Waals surface area contributed by atoms with Crippen molar-refractivity contribution in [3.63, 3.8) is 0 Å². The van der Waals surface area contributed by atoms with E-state index >= 15 is 0 Å². The Bertz CT molecular complexity index is 202. The minimum absolute atomic E-state index is 0.384. The van der Waals surface area contributed by atoms with E-state index in [0.29, 0.717) is 11.6 Å². The summed E-state index contributed by atoms with van der Waals surface area (Å²) in [4.78, 5) is 5.39. The topological polar surface area (TPSA) is 6.48 Å². The predicted octanol–water partition coefficient (Wildman–Crippen LogP) is 1.95. The van der Waals surface area contributed by atoms with Gasteiger partial charge in [-0.05, 0) is 40.5 Å². The van der Waals surface area contributed by atoms with E-state index in [9.17, 15) is 0 Å². The van der Waals surface area contributed by atoms with E-state index in [-0.39, 0.29) is 0 Å². The highest BCUT2D eigenvalue weighted by Crippen LogP contribution is 2.31. The van der Waals surface area contributed by atoms with Gasteiger partial charge in [0, 0.05) is 37.3 Å². The number of fused-ring (bicyclic) bond motifs is 4. The zero-order valence-corrected chi connectivity index (χ0v) is 10.1. The monoisotopic (exact) mass is 196 g/mol. The van der Waals surface area contributed by atoms with Gasteiger partial charge < -0.3 is 0 Å². The Morgan fingerprint density at radius 3 is 2.21 bits per heavy atom. The molecule has 2 bridgehead atoms. The molecule has 14 heavy (non-hydrogen) atoms. The van der Waals surface area contributed by atoms with E-state index in [1.54, 1.807) is 0 Å². The minimum Gasteiger partial charge on any atom is -0.297 e. The molecule has 0 amide bonds. The third-order valence-corrected chi connectivity index (χ3v) is 4.02. The first-order valence-corrected chi connectivity index (χ1v) is 6.01. The molecule has 2 nitrogen and oxygen atoms in total. The molecule has 3 aliphatic rings. The van der Waals surface area contributed by atoms with Crippen LogP contribution in [0.4, 0.5) is 0 Å². The van der Waals surface area contributed by atoms with Crippen LogP contribution >= 0.6 is 0 Å². The van der Waals surface area contributed by atoms with E-state index in [0.717, 1.165) is 6.04 Å². The summed E-state index contributed by atoms with van der Waals surface area (Å²) in [6.45, 7) is 13.3. The van der Waals surface area contributed by atoms with Crippen molar-refractivity contribution in [2.45, 2.75) is 58.2 Å². The van der Waals surface area contributed by atoms with Crippen LogP contribution in [0, 0.1) is 0 Å². The van der Waals surface area contributed by atoms with Crippen LogP contribution in [-0.2, 0) is 0 Å². The summed E-state index contributed by atoms with van der Waals surface area (Å²) in [6.07, 6.45) is 2.75. The van der Waals surface area contributed by atoms with Gasteiger partial charge in [-0.3, -0.25) is 9.80 Å². The molecule has 2 heteroatoms. The van der Waals surface area contributed by atoms with Crippen molar-refractivity contribution < 1.29 is 0 Å². The lowest BCUT2D eigenvalue weighted by atomic mass is 10.0. The SMILES string of the molecule is CC(C)N1CC(C)(C)N2CCC1CC2. The van der Waals surface area contributed by atoms with Gasteiger partial charge in [0.1, 0.15) is 0 Å². The van der Waals surface area contributed by atoms with E-state index in [1.165, 1.54) is 32.5 Å². The Hall–Kier alpha value is -0.0800. The van der Waals surface area contributed by atoms with Gasteiger partial charge >= 0.3 is 0 Å². The van der Waals surface area contributed by atoms with Crippen LogP contribution in [-0.4, -0.2) is 47.1 Å². The molecule has 0 aromatic carbocycles. The second-order valence-electron chi connectivity index (χ2n) is 5.80. The average molecular weight is 196 g/mol. The van der Waals surface area contributed by atoms with Crippen molar-refractivity contribution in [3.8, 4) is 0 Å². The van der Waals surface area contributed by atoms with E-state index < -0.39 is 0 Å². The van der Waals surface area contributed by atoms with Crippen LogP contribution in [0.1, 0.15) is 40.5 Å². The minimum atomic E-state index is 0.384. The highest BCUT2D eigenvalue weighted by Gasteiger charge is 2.40. The second kappa shape index (κ2) is 3.49. The first kappa shape index (κ1) is 10.4. The first-order chi connectivity index (χ1) is 6.50. The number of nitrogens with zero attached hydrogens (tertiary/aromatic N) is 2. The lowest BCUT2D eigenvalue weighted by Crippen LogP contribution is -2.49. The quantitative estimate of drug-likeness (QED) is 0.632. The molecular weight excluding hydrogens is 172 g/mol. The molecule has 0 aromatic rings. The molecule has 3 aliphatic heterocycles. The number of piperidine rings is 1. The van der Waals surface area contributed by atoms with Gasteiger partial charge in [0.05, 0.1) is 0 Å². The molecule has 0 aromatic heterocycles. The molecule has 3 rings (SSSR count). The van der Waals surface area contributed by atoms with E-state index in [1.807, 2.05) is 0 Å². The van der Waals surface area contributed by atoms with Crippen molar-refractivity contribution in [2.75, 3.05) is 19.6 Å². The van der Waals surface area contributed by atoms with Gasteiger partial charge in [0.2, 0.25) is 0 Å². The number of hydrogen-bond donors (Lipinski definition) is 0. The van der Waals surface area contributed by atoms with E-state index in [2.05, 4.69) is 37.5 Å². The highest BCUT2D eigenvalue weighted by molar-refractivity contribution is 4.96. The molecule has 0 radical (unpaired) electrons. The number of rotatable bonds is 1. The maximum absolute atomic E-state index is 2.72. The molecule has 0 aliphatic carbocycles. The molecule has 82 valence electrons. The summed E-state index contributed by atoms with van der Waals surface area (Å²) in [5.41, 5.74) is 0.384. The van der Waals surface area contributed by atoms with Crippen molar-refractivity contribution in [3.05, 3.63) is 0 Å². The average Bonchev–Trinajstić information content (AvgIpc) is 2.32. The molecule has 0 unspecified atom stereocenters. The van der Waals surface area contributed by atoms with Gasteiger partial charge in [0.15, 0.2) is 0 Å². The van der Waals surface area contributed by atoms with Crippen LogP contribution in [0.2, 0.25) is 0 Å². The second-order valence-corrected chi connectivity index (χ2v) is 5.80. The van der Waals surface area contributed by atoms with Crippen molar-refractivity contribution in [2.24, 2.45) is 0 Å². The van der Waals surface area contributed by atoms with Gasteiger partial charge in [0.25, 0.3) is 0 Å². The van der Waals surface area contributed by atoms with Gasteiger partial charge in [-0.1, -0.05) is 0 Å².